The van der Waals surface area contributed by atoms with E-state index in [1.54, 1.807) is 0 Å². The topological polar surface area (TPSA) is 51.7 Å². The van der Waals surface area contributed by atoms with Crippen LogP contribution in [0.1, 0.15) is 88.5 Å². The van der Waals surface area contributed by atoms with Gasteiger partial charge < -0.3 is 9.47 Å². The number of nitrogens with zero attached hydrogens (tertiary/aromatic N) is 2. The van der Waals surface area contributed by atoms with Gasteiger partial charge in [-0.2, -0.15) is 52.7 Å². The Hall–Kier alpha value is -5.03. The highest BCUT2D eigenvalue weighted by Crippen LogP contribution is 2.48. The molecule has 0 spiro atoms. The second-order valence-corrected chi connectivity index (χ2v) is 13.1. The Kier molecular flexibility index (Phi) is 10.3. The van der Waals surface area contributed by atoms with E-state index >= 15 is 4.39 Å². The maximum Gasteiger partial charge on any atom is 0.433 e. The zero-order valence-electron chi connectivity index (χ0n) is 28.2. The molecule has 1 aliphatic carbocycles. The molecule has 5 nitrogen and oxygen atoms in total. The molecule has 6 rings (SSSR count). The van der Waals surface area contributed by atoms with E-state index in [1.165, 1.54) is 13.2 Å². The van der Waals surface area contributed by atoms with Gasteiger partial charge in [-0.05, 0) is 89.0 Å². The van der Waals surface area contributed by atoms with E-state index in [9.17, 15) is 57.5 Å². The molecule has 1 amide bonds. The fourth-order valence-corrected chi connectivity index (χ4v) is 7.01. The second kappa shape index (κ2) is 14.2. The summed E-state index contributed by atoms with van der Waals surface area (Å²) < 4.78 is 192. The quantitative estimate of drug-likeness (QED) is 0.175. The number of carbonyl (C=O) groups excluding carboxylic acids is 1. The van der Waals surface area contributed by atoms with Gasteiger partial charge in [0.05, 0.1) is 24.8 Å². The van der Waals surface area contributed by atoms with Crippen molar-refractivity contribution in [3.63, 3.8) is 0 Å². The number of hydrogen-bond acceptors (Lipinski definition) is 4. The lowest BCUT2D eigenvalue weighted by atomic mass is 9.89. The summed E-state index contributed by atoms with van der Waals surface area (Å²) in [5, 5.41) is 0. The highest BCUT2D eigenvalue weighted by atomic mass is 19.4. The summed E-state index contributed by atoms with van der Waals surface area (Å²) in [7, 11) is 1.18. The predicted molar refractivity (Wildman–Crippen MR) is 168 cm³/mol. The number of aromatic nitrogens is 1. The molecular weight excluding hydrogens is 767 g/mol. The SMILES string of the molecule is COc1cc(F)c(C2CCCC2)cc1-c1ccc(C(F)(F)F)cc1CN1C(=O)O[C@H](c2cc(C(F)(F)F)nc(C(F)(F)F)c2)[C@@H]1c1ccc(C(F)(F)F)cc1. The van der Waals surface area contributed by atoms with Crippen molar-refractivity contribution in [1.82, 2.24) is 9.88 Å². The first-order valence-electron chi connectivity index (χ1n) is 16.4. The molecule has 1 aromatic heterocycles. The minimum absolute atomic E-state index is 0.0193. The average Bonchev–Trinajstić information content (AvgIpc) is 3.75. The van der Waals surface area contributed by atoms with E-state index in [0.717, 1.165) is 37.1 Å². The van der Waals surface area contributed by atoms with Gasteiger partial charge in [-0.15, -0.1) is 0 Å². The molecule has 2 atom stereocenters. The largest absolute Gasteiger partial charge is 0.496 e. The first kappa shape index (κ1) is 39.7. The standard InChI is InChI=1S/C37H27F13N2O3/c1-54-28-16-27(38)25(18-4-2-3-5-18)15-26(28)24-11-10-23(35(42,43)44)12-21(24)17-52-31(19-6-8-22(9-7-19)34(39,40)41)32(55-33(52)53)20-13-29(36(45,46)47)51-30(14-20)37(48,49)50/h6-16,18,31-32H,2-5,17H2,1H3/t31-,32+/m0/s1. The Morgan fingerprint density at radius 1 is 0.709 bits per heavy atom. The molecule has 0 radical (unpaired) electrons. The van der Waals surface area contributed by atoms with Crippen molar-refractivity contribution in [3.8, 4) is 16.9 Å². The van der Waals surface area contributed by atoms with Crippen molar-refractivity contribution in [1.29, 1.82) is 0 Å². The maximum absolute atomic E-state index is 15.3. The fraction of sp³-hybridized carbons (Fsp3) is 0.351. The Bertz CT molecular complexity index is 2040. The zero-order valence-corrected chi connectivity index (χ0v) is 28.2. The minimum Gasteiger partial charge on any atom is -0.496 e. The monoisotopic (exact) mass is 794 g/mol. The molecule has 0 bridgehead atoms. The fourth-order valence-electron chi connectivity index (χ4n) is 7.01. The van der Waals surface area contributed by atoms with Gasteiger partial charge in [-0.25, -0.2) is 14.2 Å². The number of benzene rings is 3. The van der Waals surface area contributed by atoms with E-state index in [4.69, 9.17) is 9.47 Å². The van der Waals surface area contributed by atoms with E-state index in [0.29, 0.717) is 42.0 Å². The molecule has 2 heterocycles. The van der Waals surface area contributed by atoms with Crippen molar-refractivity contribution < 1.29 is 71.3 Å². The molecule has 0 N–H and O–H groups in total. The summed E-state index contributed by atoms with van der Waals surface area (Å²) in [5.41, 5.74) is -7.63. The number of carbonyl (C=O) groups is 1. The van der Waals surface area contributed by atoms with Crippen LogP contribution >= 0.6 is 0 Å². The summed E-state index contributed by atoms with van der Waals surface area (Å²) in [5.74, 6) is -0.981. The van der Waals surface area contributed by atoms with Crippen LogP contribution in [0, 0.1) is 5.82 Å². The van der Waals surface area contributed by atoms with Crippen LogP contribution in [0.25, 0.3) is 11.1 Å². The molecule has 0 unspecified atom stereocenters. The maximum atomic E-state index is 15.3. The third-order valence-corrected chi connectivity index (χ3v) is 9.60. The van der Waals surface area contributed by atoms with Crippen LogP contribution in [0.2, 0.25) is 0 Å². The first-order chi connectivity index (χ1) is 25.6. The summed E-state index contributed by atoms with van der Waals surface area (Å²) in [4.78, 5) is 17.0. The van der Waals surface area contributed by atoms with E-state index < -0.39 is 83.4 Å². The first-order valence-corrected chi connectivity index (χ1v) is 16.4. The van der Waals surface area contributed by atoms with Crippen LogP contribution in [-0.4, -0.2) is 23.1 Å². The number of halogens is 13. The van der Waals surface area contributed by atoms with Crippen molar-refractivity contribution in [2.75, 3.05) is 7.11 Å². The highest BCUT2D eigenvalue weighted by molar-refractivity contribution is 5.77. The Labute approximate surface area is 303 Å². The molecule has 1 saturated heterocycles. The number of alkyl halides is 12. The molecule has 2 aliphatic rings. The number of cyclic esters (lactones) is 1. The minimum atomic E-state index is -5.44. The van der Waals surface area contributed by atoms with Crippen molar-refractivity contribution in [3.05, 3.63) is 117 Å². The van der Waals surface area contributed by atoms with Gasteiger partial charge in [0.25, 0.3) is 0 Å². The van der Waals surface area contributed by atoms with Crippen LogP contribution in [0.3, 0.4) is 0 Å². The Morgan fingerprint density at radius 3 is 1.80 bits per heavy atom. The number of ether oxygens (including phenoxy) is 2. The highest BCUT2D eigenvalue weighted by Gasteiger charge is 2.47. The Morgan fingerprint density at radius 2 is 1.27 bits per heavy atom. The average molecular weight is 795 g/mol. The number of methoxy groups -OCH3 is 1. The van der Waals surface area contributed by atoms with E-state index in [2.05, 4.69) is 4.98 Å². The van der Waals surface area contributed by atoms with Crippen molar-refractivity contribution in [2.45, 2.75) is 75.0 Å². The molecule has 18 heteroatoms. The van der Waals surface area contributed by atoms with E-state index in [1.807, 2.05) is 0 Å². The molecule has 294 valence electrons. The summed E-state index contributed by atoms with van der Waals surface area (Å²) in [6, 6.07) is 6.13. The number of hydrogen-bond donors (Lipinski definition) is 0. The van der Waals surface area contributed by atoms with Crippen LogP contribution in [0.4, 0.5) is 61.9 Å². The number of amides is 1. The van der Waals surface area contributed by atoms with Gasteiger partial charge in [0.1, 0.15) is 29.0 Å². The van der Waals surface area contributed by atoms with Gasteiger partial charge in [0.15, 0.2) is 6.10 Å². The third-order valence-electron chi connectivity index (χ3n) is 9.60. The smallest absolute Gasteiger partial charge is 0.433 e. The third kappa shape index (κ3) is 8.17. The van der Waals surface area contributed by atoms with Crippen LogP contribution in [0.5, 0.6) is 5.75 Å². The molecular formula is C37H27F13N2O3. The Balaban J connectivity index is 1.54. The van der Waals surface area contributed by atoms with Gasteiger partial charge in [0.2, 0.25) is 0 Å². The lowest BCUT2D eigenvalue weighted by Gasteiger charge is -2.27. The molecule has 3 aromatic carbocycles. The predicted octanol–water partition coefficient (Wildman–Crippen LogP) is 12.1. The zero-order chi connectivity index (χ0) is 40.2. The van der Waals surface area contributed by atoms with Crippen molar-refractivity contribution >= 4 is 6.09 Å². The van der Waals surface area contributed by atoms with Crippen LogP contribution < -0.4 is 4.74 Å². The number of pyridine rings is 1. The molecule has 1 saturated carbocycles. The molecule has 1 aliphatic heterocycles. The summed E-state index contributed by atoms with van der Waals surface area (Å²) in [6.07, 6.45) is -21.4. The summed E-state index contributed by atoms with van der Waals surface area (Å²) in [6.45, 7) is -0.872. The molecule has 2 fully saturated rings. The molecule has 4 aromatic rings. The van der Waals surface area contributed by atoms with Gasteiger partial charge in [-0.3, -0.25) is 4.90 Å². The normalized spacial score (nSPS) is 18.6. The number of rotatable bonds is 7. The lowest BCUT2D eigenvalue weighted by molar-refractivity contribution is -0.150. The molecule has 55 heavy (non-hydrogen) atoms. The van der Waals surface area contributed by atoms with Crippen LogP contribution in [0.15, 0.2) is 66.7 Å². The van der Waals surface area contributed by atoms with Crippen molar-refractivity contribution in [2.24, 2.45) is 0 Å². The second-order valence-electron chi connectivity index (χ2n) is 13.1. The van der Waals surface area contributed by atoms with Gasteiger partial charge in [-0.1, -0.05) is 31.0 Å². The van der Waals surface area contributed by atoms with Crippen LogP contribution in [-0.2, 0) is 36.0 Å². The van der Waals surface area contributed by atoms with Gasteiger partial charge in [0, 0.05) is 11.6 Å². The van der Waals surface area contributed by atoms with E-state index in [-0.39, 0.29) is 51.6 Å². The summed E-state index contributed by atoms with van der Waals surface area (Å²) >= 11 is 0. The lowest BCUT2D eigenvalue weighted by Crippen LogP contribution is -2.28. The van der Waals surface area contributed by atoms with Gasteiger partial charge >= 0.3 is 30.8 Å².